The molecule has 3 rings (SSSR count). The normalized spacial score (nSPS) is 11.2. The molecule has 150 valence electrons. The van der Waals surface area contributed by atoms with E-state index in [0.29, 0.717) is 16.8 Å². The van der Waals surface area contributed by atoms with Gasteiger partial charge < -0.3 is 10.2 Å². The number of alkyl halides is 2. The van der Waals surface area contributed by atoms with Gasteiger partial charge in [-0.05, 0) is 23.8 Å². The van der Waals surface area contributed by atoms with Crippen LogP contribution < -0.4 is 5.32 Å². The number of anilines is 1. The number of nitrogens with zero attached hydrogens (tertiary/aromatic N) is 3. The molecule has 0 aliphatic heterocycles. The number of carbonyl (C=O) groups is 1. The van der Waals surface area contributed by atoms with Crippen LogP contribution in [0.15, 0.2) is 53.8 Å². The molecule has 0 unspecified atom stereocenters. The summed E-state index contributed by atoms with van der Waals surface area (Å²) in [4.78, 5) is 17.1. The second-order valence-electron chi connectivity index (χ2n) is 6.06. The van der Waals surface area contributed by atoms with Crippen LogP contribution in [0.5, 0.6) is 0 Å². The monoisotopic (exact) mass is 402 g/mol. The smallest absolute Gasteiger partial charge is 0.282 e. The first-order valence-corrected chi connectivity index (χ1v) is 8.49. The van der Waals surface area contributed by atoms with Gasteiger partial charge in [0.05, 0.1) is 11.8 Å². The predicted molar refractivity (Wildman–Crippen MR) is 103 cm³/mol. The molecule has 0 aliphatic carbocycles. The average molecular weight is 402 g/mol. The highest BCUT2D eigenvalue weighted by Gasteiger charge is 2.23. The van der Waals surface area contributed by atoms with Gasteiger partial charge in [-0.25, -0.2) is 13.2 Å². The molecule has 0 spiro atoms. The molecule has 0 bridgehead atoms. The minimum absolute atomic E-state index is 0.227. The number of rotatable bonds is 6. The first-order chi connectivity index (χ1) is 13.9. The Morgan fingerprint density at radius 2 is 2.03 bits per heavy atom. The van der Waals surface area contributed by atoms with Crippen LogP contribution in [0.1, 0.15) is 28.0 Å². The maximum atomic E-state index is 14.3. The Balaban J connectivity index is 1.93. The molecule has 0 saturated carbocycles. The summed E-state index contributed by atoms with van der Waals surface area (Å²) >= 11 is 0. The van der Waals surface area contributed by atoms with Gasteiger partial charge in [-0.3, -0.25) is 9.48 Å². The zero-order valence-electron chi connectivity index (χ0n) is 15.6. The third-order valence-electron chi connectivity index (χ3n) is 4.09. The first kappa shape index (κ1) is 20.1. The molecular weight excluding hydrogens is 385 g/mol. The molecule has 29 heavy (non-hydrogen) atoms. The van der Waals surface area contributed by atoms with E-state index < -0.39 is 23.8 Å². The summed E-state index contributed by atoms with van der Waals surface area (Å²) in [5.41, 5.74) is 0.768. The summed E-state index contributed by atoms with van der Waals surface area (Å²) < 4.78 is 41.8. The van der Waals surface area contributed by atoms with Crippen molar-refractivity contribution in [2.45, 2.75) is 6.43 Å². The molecule has 9 heteroatoms. The molecule has 1 heterocycles. The first-order valence-electron chi connectivity index (χ1n) is 8.49. The Morgan fingerprint density at radius 1 is 1.28 bits per heavy atom. The van der Waals surface area contributed by atoms with Gasteiger partial charge in [-0.2, -0.15) is 5.10 Å². The number of nitrogens with one attached hydrogen (secondary N) is 1. The summed E-state index contributed by atoms with van der Waals surface area (Å²) in [6.07, 6.45) is -0.424. The molecule has 6 nitrogen and oxygen atoms in total. The Hall–Kier alpha value is -3.62. The fraction of sp³-hybridized carbons (Fsp3) is 0.150. The molecular formula is C20H17F3N4O2. The molecule has 0 atom stereocenters. The van der Waals surface area contributed by atoms with Gasteiger partial charge in [0.1, 0.15) is 18.6 Å². The molecule has 0 radical (unpaired) electrons. The van der Waals surface area contributed by atoms with Crippen molar-refractivity contribution in [2.24, 2.45) is 12.2 Å². The number of hydrogen-bond donors (Lipinski definition) is 1. The average Bonchev–Trinajstić information content (AvgIpc) is 3.10. The minimum atomic E-state index is -2.89. The molecule has 3 aromatic rings. The van der Waals surface area contributed by atoms with Gasteiger partial charge in [0.2, 0.25) is 0 Å². The van der Waals surface area contributed by atoms with Crippen LogP contribution in [0.25, 0.3) is 11.1 Å². The van der Waals surface area contributed by atoms with Crippen molar-refractivity contribution in [1.82, 2.24) is 9.78 Å². The fourth-order valence-electron chi connectivity index (χ4n) is 2.78. The van der Waals surface area contributed by atoms with Crippen molar-refractivity contribution in [3.63, 3.8) is 0 Å². The van der Waals surface area contributed by atoms with Crippen molar-refractivity contribution in [3.8, 4) is 11.1 Å². The van der Waals surface area contributed by atoms with Crippen LogP contribution in [0, 0.1) is 5.82 Å². The Labute approximate surface area is 164 Å². The van der Waals surface area contributed by atoms with Crippen LogP contribution in [-0.4, -0.2) is 29.0 Å². The van der Waals surface area contributed by atoms with E-state index >= 15 is 0 Å². The minimum Gasteiger partial charge on any atom is -0.399 e. The summed E-state index contributed by atoms with van der Waals surface area (Å²) in [6.45, 7) is 0. The van der Waals surface area contributed by atoms with E-state index in [-0.39, 0.29) is 11.1 Å². The third-order valence-corrected chi connectivity index (χ3v) is 4.09. The number of benzene rings is 2. The number of aryl methyl sites for hydroxylation is 1. The van der Waals surface area contributed by atoms with E-state index in [0.717, 1.165) is 4.68 Å². The van der Waals surface area contributed by atoms with E-state index in [9.17, 15) is 18.0 Å². The van der Waals surface area contributed by atoms with Crippen LogP contribution in [-0.2, 0) is 11.9 Å². The largest absolute Gasteiger partial charge is 0.399 e. The lowest BCUT2D eigenvalue weighted by Crippen LogP contribution is -2.14. The quantitative estimate of drug-likeness (QED) is 0.491. The standard InChI is InChI=1S/C20H17F3N4O2/c1-27-11-15(18(26-27)19(22)23)20(28)25-17-6-4-3-5-14(17)12-7-8-13(10-24-29-2)16(21)9-12/h3-11,19H,1-2H3,(H,25,28)/b24-10+. The summed E-state index contributed by atoms with van der Waals surface area (Å²) in [6, 6.07) is 11.1. The number of carbonyl (C=O) groups excluding carboxylic acids is 1. The van der Waals surface area contributed by atoms with E-state index in [1.165, 1.54) is 38.7 Å². The lowest BCUT2D eigenvalue weighted by Gasteiger charge is -2.12. The van der Waals surface area contributed by atoms with Gasteiger partial charge in [-0.1, -0.05) is 29.4 Å². The predicted octanol–water partition coefficient (Wildman–Crippen LogP) is 4.40. The number of hydrogen-bond acceptors (Lipinski definition) is 4. The van der Waals surface area contributed by atoms with E-state index in [4.69, 9.17) is 0 Å². The lowest BCUT2D eigenvalue weighted by atomic mass is 10.0. The van der Waals surface area contributed by atoms with Gasteiger partial charge in [0, 0.05) is 30.1 Å². The topological polar surface area (TPSA) is 68.5 Å². The van der Waals surface area contributed by atoms with E-state index in [2.05, 4.69) is 20.4 Å². The Bertz CT molecular complexity index is 1060. The van der Waals surface area contributed by atoms with Gasteiger partial charge >= 0.3 is 0 Å². The molecule has 0 saturated heterocycles. The molecule has 1 aromatic heterocycles. The molecule has 0 aliphatic rings. The molecule has 0 fully saturated rings. The number of oxime groups is 1. The maximum Gasteiger partial charge on any atom is 0.282 e. The van der Waals surface area contributed by atoms with Gasteiger partial charge in [0.25, 0.3) is 12.3 Å². The zero-order chi connectivity index (χ0) is 21.0. The van der Waals surface area contributed by atoms with Crippen molar-refractivity contribution in [2.75, 3.05) is 12.4 Å². The van der Waals surface area contributed by atoms with Crippen molar-refractivity contribution in [1.29, 1.82) is 0 Å². The Morgan fingerprint density at radius 3 is 2.72 bits per heavy atom. The number of amides is 1. The van der Waals surface area contributed by atoms with Crippen molar-refractivity contribution < 1.29 is 22.8 Å². The van der Waals surface area contributed by atoms with E-state index in [1.54, 1.807) is 30.3 Å². The van der Waals surface area contributed by atoms with Gasteiger partial charge in [0.15, 0.2) is 0 Å². The second kappa shape index (κ2) is 8.59. The van der Waals surface area contributed by atoms with Crippen LogP contribution >= 0.6 is 0 Å². The van der Waals surface area contributed by atoms with E-state index in [1.807, 2.05) is 0 Å². The van der Waals surface area contributed by atoms with Crippen LogP contribution in [0.2, 0.25) is 0 Å². The number of para-hydroxylation sites is 1. The van der Waals surface area contributed by atoms with Crippen LogP contribution in [0.4, 0.5) is 18.9 Å². The van der Waals surface area contributed by atoms with Gasteiger partial charge in [-0.15, -0.1) is 0 Å². The highest BCUT2D eigenvalue weighted by atomic mass is 19.3. The molecule has 1 N–H and O–H groups in total. The SMILES string of the molecule is CO/N=C/c1ccc(-c2ccccc2NC(=O)c2cn(C)nc2C(F)F)cc1F. The highest BCUT2D eigenvalue weighted by Crippen LogP contribution is 2.30. The second-order valence-corrected chi connectivity index (χ2v) is 6.06. The van der Waals surface area contributed by atoms with Crippen molar-refractivity contribution in [3.05, 3.63) is 71.3 Å². The summed E-state index contributed by atoms with van der Waals surface area (Å²) in [7, 11) is 2.80. The van der Waals surface area contributed by atoms with Crippen LogP contribution in [0.3, 0.4) is 0 Å². The lowest BCUT2D eigenvalue weighted by molar-refractivity contribution is 0.101. The highest BCUT2D eigenvalue weighted by molar-refractivity contribution is 6.07. The third kappa shape index (κ3) is 4.45. The fourth-order valence-corrected chi connectivity index (χ4v) is 2.78. The summed E-state index contributed by atoms with van der Waals surface area (Å²) in [5, 5.41) is 9.77. The number of aromatic nitrogens is 2. The molecule has 2 aromatic carbocycles. The van der Waals surface area contributed by atoms with Crippen molar-refractivity contribution >= 4 is 17.8 Å². The Kier molecular flexibility index (Phi) is 5.96. The molecule has 1 amide bonds. The number of halogens is 3. The zero-order valence-corrected chi connectivity index (χ0v) is 15.6. The summed E-state index contributed by atoms with van der Waals surface area (Å²) in [5.74, 6) is -1.26. The maximum absolute atomic E-state index is 14.3.